The second-order valence-electron chi connectivity index (χ2n) is 7.70. The molecule has 4 rings (SSSR count). The van der Waals surface area contributed by atoms with Gasteiger partial charge >= 0.3 is 12.1 Å². The van der Waals surface area contributed by atoms with Gasteiger partial charge in [-0.2, -0.15) is 0 Å². The van der Waals surface area contributed by atoms with Crippen LogP contribution < -0.4 is 5.32 Å². The molecule has 7 nitrogen and oxygen atoms in total. The van der Waals surface area contributed by atoms with E-state index in [1.165, 1.54) is 13.1 Å². The second kappa shape index (κ2) is 9.46. The summed E-state index contributed by atoms with van der Waals surface area (Å²) in [5.74, 6) is -1.66. The van der Waals surface area contributed by atoms with Gasteiger partial charge in [-0.15, -0.1) is 0 Å². The van der Waals surface area contributed by atoms with Crippen LogP contribution in [0.3, 0.4) is 0 Å². The number of anilines is 1. The first kappa shape index (κ1) is 22.5. The molecule has 0 saturated carbocycles. The van der Waals surface area contributed by atoms with Crippen LogP contribution in [0.2, 0.25) is 0 Å². The average Bonchev–Trinajstić information content (AvgIpc) is 3.12. The molecule has 2 N–H and O–H groups in total. The number of hydrogen-bond donors (Lipinski definition) is 2. The molecular formula is C25H21BrN2O5. The van der Waals surface area contributed by atoms with Crippen molar-refractivity contribution in [3.63, 3.8) is 0 Å². The van der Waals surface area contributed by atoms with E-state index in [1.54, 1.807) is 12.1 Å². The van der Waals surface area contributed by atoms with Crippen LogP contribution in [0.25, 0.3) is 11.1 Å². The first-order valence-electron chi connectivity index (χ1n) is 10.2. The molecule has 0 saturated heterocycles. The third kappa shape index (κ3) is 4.75. The summed E-state index contributed by atoms with van der Waals surface area (Å²) in [6.07, 6.45) is -0.642. The molecule has 0 unspecified atom stereocenters. The smallest absolute Gasteiger partial charge is 0.411 e. The number of nitrogens with zero attached hydrogens (tertiary/aromatic N) is 1. The number of carboxylic acids is 1. The molecule has 0 fully saturated rings. The van der Waals surface area contributed by atoms with Crippen LogP contribution in [0.5, 0.6) is 0 Å². The van der Waals surface area contributed by atoms with Gasteiger partial charge in [0.25, 0.3) is 5.91 Å². The van der Waals surface area contributed by atoms with Gasteiger partial charge in [0.15, 0.2) is 0 Å². The van der Waals surface area contributed by atoms with Crippen LogP contribution in [0, 0.1) is 0 Å². The lowest BCUT2D eigenvalue weighted by Crippen LogP contribution is -2.32. The number of rotatable bonds is 6. The fourth-order valence-electron chi connectivity index (χ4n) is 4.00. The zero-order valence-corrected chi connectivity index (χ0v) is 19.3. The van der Waals surface area contributed by atoms with Crippen molar-refractivity contribution in [2.45, 2.75) is 5.92 Å². The third-order valence-electron chi connectivity index (χ3n) is 5.51. The number of likely N-dealkylation sites (N-methyl/N-ethyl adjacent to an activating group) is 1. The van der Waals surface area contributed by atoms with E-state index >= 15 is 0 Å². The summed E-state index contributed by atoms with van der Waals surface area (Å²) in [4.78, 5) is 37.1. The predicted octanol–water partition coefficient (Wildman–Crippen LogP) is 4.97. The summed E-state index contributed by atoms with van der Waals surface area (Å²) in [7, 11) is 1.40. The SMILES string of the molecule is CN(CC(=O)O)C(=O)c1cc(NC(=O)OCC2c3ccccc3-c3ccccc32)ccc1Br. The zero-order valence-electron chi connectivity index (χ0n) is 17.7. The van der Waals surface area contributed by atoms with Crippen molar-refractivity contribution in [3.8, 4) is 11.1 Å². The van der Waals surface area contributed by atoms with Crippen molar-refractivity contribution >= 4 is 39.6 Å². The molecule has 8 heteroatoms. The average molecular weight is 509 g/mol. The molecule has 168 valence electrons. The van der Waals surface area contributed by atoms with Crippen LogP contribution in [0.4, 0.5) is 10.5 Å². The maximum absolute atomic E-state index is 12.6. The molecule has 1 aliphatic rings. The lowest BCUT2D eigenvalue weighted by Gasteiger charge is -2.17. The van der Waals surface area contributed by atoms with E-state index in [-0.39, 0.29) is 18.1 Å². The number of nitrogens with one attached hydrogen (secondary N) is 1. The highest BCUT2D eigenvalue weighted by molar-refractivity contribution is 9.10. The first-order valence-corrected chi connectivity index (χ1v) is 11.0. The molecule has 3 aromatic rings. The Balaban J connectivity index is 1.45. The van der Waals surface area contributed by atoms with E-state index in [4.69, 9.17) is 9.84 Å². The number of benzene rings is 3. The van der Waals surface area contributed by atoms with E-state index in [0.29, 0.717) is 10.2 Å². The number of halogens is 1. The number of hydrogen-bond acceptors (Lipinski definition) is 4. The molecule has 0 heterocycles. The number of carboxylic acid groups (broad SMARTS) is 1. The van der Waals surface area contributed by atoms with Crippen molar-refractivity contribution in [1.82, 2.24) is 4.90 Å². The van der Waals surface area contributed by atoms with Crippen molar-refractivity contribution in [2.24, 2.45) is 0 Å². The Hall–Kier alpha value is -3.65. The van der Waals surface area contributed by atoms with Gasteiger partial charge in [-0.05, 0) is 56.4 Å². The summed E-state index contributed by atoms with van der Waals surface area (Å²) in [5.41, 5.74) is 5.11. The molecule has 0 spiro atoms. The zero-order chi connectivity index (χ0) is 23.5. The van der Waals surface area contributed by atoms with Crippen LogP contribution in [-0.4, -0.2) is 48.2 Å². The van der Waals surface area contributed by atoms with Crippen LogP contribution in [-0.2, 0) is 9.53 Å². The lowest BCUT2D eigenvalue weighted by molar-refractivity contribution is -0.137. The predicted molar refractivity (Wildman–Crippen MR) is 127 cm³/mol. The molecule has 3 aromatic carbocycles. The van der Waals surface area contributed by atoms with Gasteiger partial charge < -0.3 is 14.7 Å². The Morgan fingerprint density at radius 1 is 1.00 bits per heavy atom. The van der Waals surface area contributed by atoms with E-state index < -0.39 is 24.5 Å². The Labute approximate surface area is 199 Å². The molecule has 2 amide bonds. The summed E-state index contributed by atoms with van der Waals surface area (Å²) in [6.45, 7) is -0.265. The van der Waals surface area contributed by atoms with Crippen LogP contribution in [0.15, 0.2) is 71.2 Å². The van der Waals surface area contributed by atoms with E-state index in [1.807, 2.05) is 36.4 Å². The standard InChI is InChI=1S/C25H21BrN2O5/c1-28(13-23(29)30)24(31)20-12-15(10-11-22(20)26)27-25(32)33-14-21-18-8-4-2-6-16(18)17-7-3-5-9-19(17)21/h2-12,21H,13-14H2,1H3,(H,27,32)(H,29,30). The second-order valence-corrected chi connectivity index (χ2v) is 8.55. The lowest BCUT2D eigenvalue weighted by atomic mass is 9.98. The minimum atomic E-state index is -1.12. The summed E-state index contributed by atoms with van der Waals surface area (Å²) in [6, 6.07) is 20.9. The third-order valence-corrected chi connectivity index (χ3v) is 6.20. The van der Waals surface area contributed by atoms with Crippen molar-refractivity contribution in [2.75, 3.05) is 25.5 Å². The highest BCUT2D eigenvalue weighted by Crippen LogP contribution is 2.44. The van der Waals surface area contributed by atoms with E-state index in [9.17, 15) is 14.4 Å². The monoisotopic (exact) mass is 508 g/mol. The number of fused-ring (bicyclic) bond motifs is 3. The summed E-state index contributed by atoms with van der Waals surface area (Å²) >= 11 is 3.30. The van der Waals surface area contributed by atoms with Crippen molar-refractivity contribution < 1.29 is 24.2 Å². The molecule has 0 aliphatic heterocycles. The minimum absolute atomic E-state index is 0.0603. The maximum atomic E-state index is 12.6. The highest BCUT2D eigenvalue weighted by Gasteiger charge is 2.29. The van der Waals surface area contributed by atoms with E-state index in [0.717, 1.165) is 27.2 Å². The van der Waals surface area contributed by atoms with Gasteiger partial charge in [0, 0.05) is 23.1 Å². The first-order chi connectivity index (χ1) is 15.8. The van der Waals surface area contributed by atoms with Gasteiger partial charge in [0.05, 0.1) is 5.56 Å². The fourth-order valence-corrected chi connectivity index (χ4v) is 4.42. The Morgan fingerprint density at radius 3 is 2.21 bits per heavy atom. The minimum Gasteiger partial charge on any atom is -0.480 e. The molecule has 0 aromatic heterocycles. The molecule has 1 aliphatic carbocycles. The number of ether oxygens (including phenoxy) is 1. The van der Waals surface area contributed by atoms with Gasteiger partial charge in [-0.1, -0.05) is 48.5 Å². The number of carbonyl (C=O) groups excluding carboxylic acids is 2. The Bertz CT molecular complexity index is 1200. The fraction of sp³-hybridized carbons (Fsp3) is 0.160. The van der Waals surface area contributed by atoms with E-state index in [2.05, 4.69) is 33.4 Å². The Morgan fingerprint density at radius 2 is 1.61 bits per heavy atom. The topological polar surface area (TPSA) is 95.9 Å². The highest BCUT2D eigenvalue weighted by atomic mass is 79.9. The molecular weight excluding hydrogens is 488 g/mol. The number of amides is 2. The summed E-state index contributed by atoms with van der Waals surface area (Å²) < 4.78 is 6.03. The Kier molecular flexibility index (Phi) is 6.46. The van der Waals surface area contributed by atoms with Crippen molar-refractivity contribution in [3.05, 3.63) is 87.9 Å². The molecule has 33 heavy (non-hydrogen) atoms. The molecule has 0 bridgehead atoms. The van der Waals surface area contributed by atoms with Crippen LogP contribution in [0.1, 0.15) is 27.4 Å². The molecule has 0 atom stereocenters. The van der Waals surface area contributed by atoms with Gasteiger partial charge in [-0.3, -0.25) is 14.9 Å². The largest absolute Gasteiger partial charge is 0.480 e. The maximum Gasteiger partial charge on any atom is 0.411 e. The molecule has 0 radical (unpaired) electrons. The number of aliphatic carboxylic acids is 1. The van der Waals surface area contributed by atoms with Gasteiger partial charge in [0.1, 0.15) is 13.2 Å². The number of carbonyl (C=O) groups is 3. The quantitative estimate of drug-likeness (QED) is 0.490. The van der Waals surface area contributed by atoms with Crippen LogP contribution >= 0.6 is 15.9 Å². The van der Waals surface area contributed by atoms with Gasteiger partial charge in [-0.25, -0.2) is 4.79 Å². The summed E-state index contributed by atoms with van der Waals surface area (Å²) in [5, 5.41) is 11.6. The normalized spacial score (nSPS) is 11.9. The van der Waals surface area contributed by atoms with Crippen molar-refractivity contribution in [1.29, 1.82) is 0 Å². The van der Waals surface area contributed by atoms with Gasteiger partial charge in [0.2, 0.25) is 0 Å².